The highest BCUT2D eigenvalue weighted by Gasteiger charge is 2.38. The first-order valence-electron chi connectivity index (χ1n) is 4.88. The predicted octanol–water partition coefficient (Wildman–Crippen LogP) is 1.29. The van der Waals surface area contributed by atoms with E-state index in [1.54, 1.807) is 12.4 Å². The summed E-state index contributed by atoms with van der Waals surface area (Å²) in [5.74, 6) is 0.108. The van der Waals surface area contributed by atoms with Gasteiger partial charge >= 0.3 is 0 Å². The Labute approximate surface area is 83.5 Å². The number of aromatic nitrogens is 1. The van der Waals surface area contributed by atoms with Crippen molar-refractivity contribution < 1.29 is 4.79 Å². The third-order valence-electron chi connectivity index (χ3n) is 2.56. The molecule has 0 spiro atoms. The molecule has 3 nitrogen and oxygen atoms in total. The Morgan fingerprint density at radius 2 is 2.14 bits per heavy atom. The fourth-order valence-corrected chi connectivity index (χ4v) is 1.38. The SMILES string of the molecule is CC1(NC(=O)Cc2ccncc2)CC1. The van der Waals surface area contributed by atoms with E-state index in [0.717, 1.165) is 18.4 Å². The third-order valence-corrected chi connectivity index (χ3v) is 2.56. The molecular formula is C11H14N2O. The smallest absolute Gasteiger partial charge is 0.224 e. The highest BCUT2D eigenvalue weighted by Crippen LogP contribution is 2.34. The molecular weight excluding hydrogens is 176 g/mol. The summed E-state index contributed by atoms with van der Waals surface area (Å²) in [6.07, 6.45) is 6.09. The van der Waals surface area contributed by atoms with E-state index in [4.69, 9.17) is 0 Å². The van der Waals surface area contributed by atoms with Gasteiger partial charge in [0.1, 0.15) is 0 Å². The predicted molar refractivity (Wildman–Crippen MR) is 53.7 cm³/mol. The fourth-order valence-electron chi connectivity index (χ4n) is 1.38. The van der Waals surface area contributed by atoms with Crippen LogP contribution in [0.25, 0.3) is 0 Å². The van der Waals surface area contributed by atoms with Crippen molar-refractivity contribution in [1.29, 1.82) is 0 Å². The maximum atomic E-state index is 11.5. The highest BCUT2D eigenvalue weighted by atomic mass is 16.1. The number of hydrogen-bond donors (Lipinski definition) is 1. The van der Waals surface area contributed by atoms with Crippen molar-refractivity contribution in [3.8, 4) is 0 Å². The van der Waals surface area contributed by atoms with Gasteiger partial charge in [-0.25, -0.2) is 0 Å². The highest BCUT2D eigenvalue weighted by molar-refractivity contribution is 5.79. The van der Waals surface area contributed by atoms with Crippen LogP contribution in [0.5, 0.6) is 0 Å². The number of rotatable bonds is 3. The van der Waals surface area contributed by atoms with Gasteiger partial charge in [0.15, 0.2) is 0 Å². The Morgan fingerprint density at radius 3 is 2.71 bits per heavy atom. The van der Waals surface area contributed by atoms with Crippen LogP contribution in [0, 0.1) is 0 Å². The van der Waals surface area contributed by atoms with Crippen molar-refractivity contribution in [2.75, 3.05) is 0 Å². The number of pyridine rings is 1. The zero-order valence-corrected chi connectivity index (χ0v) is 8.29. The zero-order chi connectivity index (χ0) is 10.0. The Kier molecular flexibility index (Phi) is 2.23. The molecule has 2 rings (SSSR count). The summed E-state index contributed by atoms with van der Waals surface area (Å²) >= 11 is 0. The zero-order valence-electron chi connectivity index (χ0n) is 8.29. The van der Waals surface area contributed by atoms with Crippen LogP contribution in [-0.2, 0) is 11.2 Å². The van der Waals surface area contributed by atoms with Crippen molar-refractivity contribution in [2.24, 2.45) is 0 Å². The third kappa shape index (κ3) is 2.31. The van der Waals surface area contributed by atoms with Crippen LogP contribution in [0.2, 0.25) is 0 Å². The topological polar surface area (TPSA) is 42.0 Å². The second-order valence-corrected chi connectivity index (χ2v) is 4.14. The minimum atomic E-state index is 0.0874. The van der Waals surface area contributed by atoms with E-state index in [9.17, 15) is 4.79 Å². The van der Waals surface area contributed by atoms with Crippen molar-refractivity contribution in [3.05, 3.63) is 30.1 Å². The standard InChI is InChI=1S/C11H14N2O/c1-11(4-5-11)13-10(14)8-9-2-6-12-7-3-9/h2-3,6-7H,4-5,8H2,1H3,(H,13,14). The fraction of sp³-hybridized carbons (Fsp3) is 0.455. The summed E-state index contributed by atoms with van der Waals surface area (Å²) in [6.45, 7) is 2.08. The Bertz CT molecular complexity index is 330. The van der Waals surface area contributed by atoms with E-state index in [1.165, 1.54) is 0 Å². The normalized spacial score (nSPS) is 17.5. The molecule has 0 radical (unpaired) electrons. The lowest BCUT2D eigenvalue weighted by atomic mass is 10.2. The Morgan fingerprint density at radius 1 is 1.50 bits per heavy atom. The Balaban J connectivity index is 1.89. The average Bonchev–Trinajstić information content (AvgIpc) is 2.84. The number of amides is 1. The largest absolute Gasteiger partial charge is 0.351 e. The number of nitrogens with one attached hydrogen (secondary N) is 1. The first-order valence-corrected chi connectivity index (χ1v) is 4.88. The molecule has 1 heterocycles. The lowest BCUT2D eigenvalue weighted by Gasteiger charge is -2.10. The summed E-state index contributed by atoms with van der Waals surface area (Å²) < 4.78 is 0. The summed E-state index contributed by atoms with van der Waals surface area (Å²) in [7, 11) is 0. The molecule has 3 heteroatoms. The number of nitrogens with zero attached hydrogens (tertiary/aromatic N) is 1. The molecule has 0 bridgehead atoms. The minimum absolute atomic E-state index is 0.0874. The van der Waals surface area contributed by atoms with Crippen molar-refractivity contribution in [3.63, 3.8) is 0 Å². The van der Waals surface area contributed by atoms with Gasteiger partial charge in [0, 0.05) is 17.9 Å². The van der Waals surface area contributed by atoms with Crippen molar-refractivity contribution >= 4 is 5.91 Å². The monoisotopic (exact) mass is 190 g/mol. The summed E-state index contributed by atoms with van der Waals surface area (Å²) in [4.78, 5) is 15.4. The van der Waals surface area contributed by atoms with Crippen LogP contribution in [0.1, 0.15) is 25.3 Å². The van der Waals surface area contributed by atoms with Gasteiger partial charge in [-0.15, -0.1) is 0 Å². The molecule has 14 heavy (non-hydrogen) atoms. The van der Waals surface area contributed by atoms with E-state index in [2.05, 4.69) is 17.2 Å². The second-order valence-electron chi connectivity index (χ2n) is 4.14. The van der Waals surface area contributed by atoms with E-state index in [-0.39, 0.29) is 11.4 Å². The molecule has 1 N–H and O–H groups in total. The molecule has 0 aliphatic heterocycles. The van der Waals surface area contributed by atoms with Gasteiger partial charge in [-0.1, -0.05) is 0 Å². The van der Waals surface area contributed by atoms with Crippen LogP contribution >= 0.6 is 0 Å². The van der Waals surface area contributed by atoms with Gasteiger partial charge in [-0.2, -0.15) is 0 Å². The molecule has 0 atom stereocenters. The Hall–Kier alpha value is -1.38. The minimum Gasteiger partial charge on any atom is -0.351 e. The molecule has 1 aliphatic rings. The van der Waals surface area contributed by atoms with Crippen LogP contribution in [0.3, 0.4) is 0 Å². The summed E-state index contributed by atoms with van der Waals surface area (Å²) in [5, 5.41) is 3.02. The van der Waals surface area contributed by atoms with Crippen LogP contribution < -0.4 is 5.32 Å². The van der Waals surface area contributed by atoms with Gasteiger partial charge in [0.05, 0.1) is 6.42 Å². The van der Waals surface area contributed by atoms with Crippen molar-refractivity contribution in [2.45, 2.75) is 31.7 Å². The van der Waals surface area contributed by atoms with Gasteiger partial charge in [-0.05, 0) is 37.5 Å². The molecule has 1 aromatic rings. The maximum absolute atomic E-state index is 11.5. The molecule has 1 aliphatic carbocycles. The molecule has 74 valence electrons. The lowest BCUT2D eigenvalue weighted by molar-refractivity contribution is -0.121. The lowest BCUT2D eigenvalue weighted by Crippen LogP contribution is -2.35. The molecule has 1 fully saturated rings. The van der Waals surface area contributed by atoms with Gasteiger partial charge in [0.25, 0.3) is 0 Å². The number of carbonyl (C=O) groups excluding carboxylic acids is 1. The van der Waals surface area contributed by atoms with Gasteiger partial charge in [0.2, 0.25) is 5.91 Å². The first kappa shape index (κ1) is 9.19. The van der Waals surface area contributed by atoms with E-state index < -0.39 is 0 Å². The quantitative estimate of drug-likeness (QED) is 0.780. The molecule has 0 saturated heterocycles. The molecule has 1 saturated carbocycles. The van der Waals surface area contributed by atoms with Crippen LogP contribution in [-0.4, -0.2) is 16.4 Å². The van der Waals surface area contributed by atoms with Gasteiger partial charge in [-0.3, -0.25) is 9.78 Å². The summed E-state index contributed by atoms with van der Waals surface area (Å²) in [6, 6.07) is 3.74. The molecule has 1 amide bonds. The van der Waals surface area contributed by atoms with Gasteiger partial charge < -0.3 is 5.32 Å². The second kappa shape index (κ2) is 3.40. The molecule has 0 aromatic carbocycles. The average molecular weight is 190 g/mol. The van der Waals surface area contributed by atoms with E-state index in [0.29, 0.717) is 6.42 Å². The van der Waals surface area contributed by atoms with Crippen LogP contribution in [0.15, 0.2) is 24.5 Å². The maximum Gasteiger partial charge on any atom is 0.224 e. The molecule has 0 unspecified atom stereocenters. The van der Waals surface area contributed by atoms with Crippen LogP contribution in [0.4, 0.5) is 0 Å². The van der Waals surface area contributed by atoms with E-state index in [1.807, 2.05) is 12.1 Å². The summed E-state index contributed by atoms with van der Waals surface area (Å²) in [5.41, 5.74) is 1.10. The number of carbonyl (C=O) groups is 1. The number of hydrogen-bond acceptors (Lipinski definition) is 2. The first-order chi connectivity index (χ1) is 6.68. The van der Waals surface area contributed by atoms with Crippen molar-refractivity contribution in [1.82, 2.24) is 10.3 Å². The molecule has 1 aromatic heterocycles. The van der Waals surface area contributed by atoms with E-state index >= 15 is 0 Å².